The van der Waals surface area contributed by atoms with E-state index in [0.29, 0.717) is 5.92 Å². The maximum absolute atomic E-state index is 11.9. The zero-order valence-electron chi connectivity index (χ0n) is 9.84. The largest absolute Gasteiger partial charge is 0.354 e. The van der Waals surface area contributed by atoms with Crippen molar-refractivity contribution in [2.24, 2.45) is 5.92 Å². The summed E-state index contributed by atoms with van der Waals surface area (Å²) >= 11 is 2.04. The van der Waals surface area contributed by atoms with Crippen LogP contribution in [0.1, 0.15) is 32.1 Å². The van der Waals surface area contributed by atoms with Crippen LogP contribution < -0.4 is 10.6 Å². The van der Waals surface area contributed by atoms with Gasteiger partial charge in [-0.15, -0.1) is 0 Å². The highest BCUT2D eigenvalue weighted by atomic mass is 32.2. The van der Waals surface area contributed by atoms with E-state index in [9.17, 15) is 4.79 Å². The Kier molecular flexibility index (Phi) is 4.97. The molecule has 0 radical (unpaired) electrons. The Bertz CT molecular complexity index is 223. The van der Waals surface area contributed by atoms with E-state index in [2.05, 4.69) is 10.6 Å². The van der Waals surface area contributed by atoms with Gasteiger partial charge in [0.1, 0.15) is 0 Å². The second-order valence-corrected chi connectivity index (χ2v) is 6.03. The summed E-state index contributed by atoms with van der Waals surface area (Å²) in [6.45, 7) is 1.88. The van der Waals surface area contributed by atoms with Gasteiger partial charge in [-0.1, -0.05) is 6.42 Å². The van der Waals surface area contributed by atoms with Crippen molar-refractivity contribution in [3.05, 3.63) is 0 Å². The summed E-state index contributed by atoms with van der Waals surface area (Å²) in [6, 6.07) is 0.0757. The number of carbonyl (C=O) groups excluding carboxylic acids is 1. The summed E-state index contributed by atoms with van der Waals surface area (Å²) in [6.07, 6.45) is 5.94. The molecule has 0 aliphatic carbocycles. The van der Waals surface area contributed by atoms with Gasteiger partial charge in [-0.05, 0) is 49.7 Å². The molecule has 2 aliphatic heterocycles. The lowest BCUT2D eigenvalue weighted by atomic mass is 10.0. The van der Waals surface area contributed by atoms with Crippen molar-refractivity contribution in [2.75, 3.05) is 24.6 Å². The zero-order valence-corrected chi connectivity index (χ0v) is 10.7. The molecular weight excluding hydrogens is 220 g/mol. The van der Waals surface area contributed by atoms with E-state index in [4.69, 9.17) is 0 Å². The lowest BCUT2D eigenvalue weighted by Gasteiger charge is -2.25. The maximum atomic E-state index is 11.9. The van der Waals surface area contributed by atoms with Crippen LogP contribution >= 0.6 is 11.8 Å². The van der Waals surface area contributed by atoms with Gasteiger partial charge in [0.15, 0.2) is 0 Å². The fraction of sp³-hybridized carbons (Fsp3) is 0.917. The van der Waals surface area contributed by atoms with Gasteiger partial charge in [0, 0.05) is 6.54 Å². The van der Waals surface area contributed by atoms with Crippen LogP contribution in [-0.2, 0) is 4.79 Å². The van der Waals surface area contributed by atoms with Gasteiger partial charge in [0.25, 0.3) is 0 Å². The van der Waals surface area contributed by atoms with Crippen molar-refractivity contribution in [1.29, 1.82) is 0 Å². The Morgan fingerprint density at radius 1 is 1.25 bits per heavy atom. The molecule has 0 aromatic carbocycles. The molecule has 2 N–H and O–H groups in total. The molecule has 92 valence electrons. The van der Waals surface area contributed by atoms with Crippen molar-refractivity contribution in [1.82, 2.24) is 10.6 Å². The number of thioether (sulfide) groups is 1. The molecule has 0 bridgehead atoms. The van der Waals surface area contributed by atoms with Crippen molar-refractivity contribution < 1.29 is 4.79 Å². The molecule has 4 heteroatoms. The van der Waals surface area contributed by atoms with E-state index in [-0.39, 0.29) is 11.9 Å². The van der Waals surface area contributed by atoms with Crippen LogP contribution in [0.2, 0.25) is 0 Å². The first-order valence-corrected chi connectivity index (χ1v) is 7.60. The van der Waals surface area contributed by atoms with Gasteiger partial charge in [-0.3, -0.25) is 4.79 Å². The minimum absolute atomic E-state index is 0.0757. The highest BCUT2D eigenvalue weighted by Crippen LogP contribution is 2.21. The first kappa shape index (κ1) is 12.2. The number of nitrogens with one attached hydrogen (secondary N) is 2. The third-order valence-electron chi connectivity index (χ3n) is 3.53. The molecule has 0 aromatic heterocycles. The molecule has 0 unspecified atom stereocenters. The predicted molar refractivity (Wildman–Crippen MR) is 68.7 cm³/mol. The molecule has 1 atom stereocenters. The molecular formula is C12H22N2OS. The van der Waals surface area contributed by atoms with Crippen LogP contribution in [-0.4, -0.2) is 36.5 Å². The minimum atomic E-state index is 0.0757. The summed E-state index contributed by atoms with van der Waals surface area (Å²) in [5, 5.41) is 6.40. The highest BCUT2D eigenvalue weighted by molar-refractivity contribution is 7.99. The average Bonchev–Trinajstić information content (AvgIpc) is 2.38. The van der Waals surface area contributed by atoms with Gasteiger partial charge < -0.3 is 10.6 Å². The lowest BCUT2D eigenvalue weighted by Crippen LogP contribution is -2.47. The van der Waals surface area contributed by atoms with Gasteiger partial charge in [0.2, 0.25) is 5.91 Å². The van der Waals surface area contributed by atoms with Gasteiger partial charge in [0.05, 0.1) is 6.04 Å². The predicted octanol–water partition coefficient (Wildman–Crippen LogP) is 1.39. The van der Waals surface area contributed by atoms with E-state index in [1.54, 1.807) is 0 Å². The van der Waals surface area contributed by atoms with E-state index >= 15 is 0 Å². The van der Waals surface area contributed by atoms with E-state index in [1.807, 2.05) is 11.8 Å². The Hall–Kier alpha value is -0.220. The molecule has 3 nitrogen and oxygen atoms in total. The smallest absolute Gasteiger partial charge is 0.237 e. The Morgan fingerprint density at radius 2 is 2.06 bits per heavy atom. The SMILES string of the molecule is O=C(NCC1CCSCC1)[C@@H]1CCCCN1. The molecule has 2 aliphatic rings. The summed E-state index contributed by atoms with van der Waals surface area (Å²) in [5.41, 5.74) is 0. The maximum Gasteiger partial charge on any atom is 0.237 e. The molecule has 16 heavy (non-hydrogen) atoms. The molecule has 2 fully saturated rings. The van der Waals surface area contributed by atoms with Crippen LogP contribution in [0.15, 0.2) is 0 Å². The fourth-order valence-electron chi connectivity index (χ4n) is 2.39. The highest BCUT2D eigenvalue weighted by Gasteiger charge is 2.21. The fourth-order valence-corrected chi connectivity index (χ4v) is 3.60. The summed E-state index contributed by atoms with van der Waals surface area (Å²) in [4.78, 5) is 11.9. The molecule has 1 amide bonds. The zero-order chi connectivity index (χ0) is 11.2. The number of hydrogen-bond acceptors (Lipinski definition) is 3. The van der Waals surface area contributed by atoms with E-state index in [0.717, 1.165) is 19.5 Å². The number of carbonyl (C=O) groups is 1. The lowest BCUT2D eigenvalue weighted by molar-refractivity contribution is -0.123. The van der Waals surface area contributed by atoms with E-state index in [1.165, 1.54) is 37.2 Å². The third kappa shape index (κ3) is 3.67. The van der Waals surface area contributed by atoms with Crippen LogP contribution in [0.4, 0.5) is 0 Å². The molecule has 2 rings (SSSR count). The van der Waals surface area contributed by atoms with Crippen LogP contribution in [0.25, 0.3) is 0 Å². The second kappa shape index (κ2) is 6.50. The standard InChI is InChI=1S/C12H22N2OS/c15-12(11-3-1-2-6-13-11)14-9-10-4-7-16-8-5-10/h10-11,13H,1-9H2,(H,14,15)/t11-/m0/s1. The Labute approximate surface area is 102 Å². The Balaban J connectivity index is 1.65. The molecule has 2 saturated heterocycles. The van der Waals surface area contributed by atoms with Crippen LogP contribution in [0.3, 0.4) is 0 Å². The summed E-state index contributed by atoms with van der Waals surface area (Å²) in [5.74, 6) is 3.47. The quantitative estimate of drug-likeness (QED) is 0.786. The first-order chi connectivity index (χ1) is 7.86. The topological polar surface area (TPSA) is 41.1 Å². The Morgan fingerprint density at radius 3 is 2.75 bits per heavy atom. The number of hydrogen-bond donors (Lipinski definition) is 2. The summed E-state index contributed by atoms with van der Waals surface area (Å²) < 4.78 is 0. The van der Waals surface area contributed by atoms with Crippen molar-refractivity contribution in [3.8, 4) is 0 Å². The van der Waals surface area contributed by atoms with Crippen molar-refractivity contribution in [2.45, 2.75) is 38.1 Å². The first-order valence-electron chi connectivity index (χ1n) is 6.45. The van der Waals surface area contributed by atoms with Crippen molar-refractivity contribution in [3.63, 3.8) is 0 Å². The second-order valence-electron chi connectivity index (χ2n) is 4.80. The molecule has 2 heterocycles. The monoisotopic (exact) mass is 242 g/mol. The van der Waals surface area contributed by atoms with Crippen molar-refractivity contribution >= 4 is 17.7 Å². The third-order valence-corrected chi connectivity index (χ3v) is 4.58. The van der Waals surface area contributed by atoms with Crippen LogP contribution in [0.5, 0.6) is 0 Å². The number of piperidine rings is 1. The van der Waals surface area contributed by atoms with Gasteiger partial charge in [-0.2, -0.15) is 11.8 Å². The minimum Gasteiger partial charge on any atom is -0.354 e. The molecule has 0 spiro atoms. The normalized spacial score (nSPS) is 27.6. The number of amides is 1. The van der Waals surface area contributed by atoms with Crippen LogP contribution in [0, 0.1) is 5.92 Å². The molecule has 0 saturated carbocycles. The summed E-state index contributed by atoms with van der Waals surface area (Å²) in [7, 11) is 0. The van der Waals surface area contributed by atoms with Gasteiger partial charge >= 0.3 is 0 Å². The van der Waals surface area contributed by atoms with E-state index < -0.39 is 0 Å². The van der Waals surface area contributed by atoms with Gasteiger partial charge in [-0.25, -0.2) is 0 Å². The average molecular weight is 242 g/mol. The number of rotatable bonds is 3. The molecule has 0 aromatic rings.